The Bertz CT molecular complexity index is 422. The van der Waals surface area contributed by atoms with Gasteiger partial charge in [-0.05, 0) is 42.6 Å². The Hall–Kier alpha value is -1.28. The van der Waals surface area contributed by atoms with E-state index < -0.39 is 29.4 Å². The minimum atomic E-state index is -4.88. The Kier molecular flexibility index (Phi) is 5.04. The normalized spacial score (nSPS) is 14.4. The van der Waals surface area contributed by atoms with E-state index in [0.29, 0.717) is 12.1 Å². The molecule has 20 heavy (non-hydrogen) atoms. The summed E-state index contributed by atoms with van der Waals surface area (Å²) < 4.78 is 75.8. The van der Waals surface area contributed by atoms with Crippen LogP contribution in [0.1, 0.15) is 29.0 Å². The van der Waals surface area contributed by atoms with Crippen molar-refractivity contribution >= 4 is 0 Å². The van der Waals surface area contributed by atoms with E-state index in [-0.39, 0.29) is 31.2 Å². The summed E-state index contributed by atoms with van der Waals surface area (Å²) in [5.74, 6) is -0.761. The Morgan fingerprint density at radius 3 is 1.70 bits per heavy atom. The molecule has 1 atom stereocenters. The van der Waals surface area contributed by atoms with Gasteiger partial charge in [0.05, 0.1) is 11.1 Å². The fourth-order valence-corrected chi connectivity index (χ4v) is 1.79. The van der Waals surface area contributed by atoms with Crippen molar-refractivity contribution in [2.45, 2.75) is 24.7 Å². The van der Waals surface area contributed by atoms with Crippen LogP contribution in [0.15, 0.2) is 18.2 Å². The van der Waals surface area contributed by atoms with E-state index in [1.54, 1.807) is 0 Å². The SMILES string of the molecule is NCC(CCO)c1cc(C(F)(F)F)cc(C(F)(F)F)c1. The van der Waals surface area contributed by atoms with Crippen molar-refractivity contribution in [2.75, 3.05) is 13.2 Å². The minimum absolute atomic E-state index is 0.00485. The summed E-state index contributed by atoms with van der Waals surface area (Å²) >= 11 is 0. The molecule has 0 fully saturated rings. The molecule has 1 rings (SSSR count). The Labute approximate surface area is 111 Å². The summed E-state index contributed by atoms with van der Waals surface area (Å²) in [5.41, 5.74) is 2.41. The van der Waals surface area contributed by atoms with E-state index in [1.165, 1.54) is 0 Å². The molecule has 0 radical (unpaired) electrons. The van der Waals surface area contributed by atoms with Gasteiger partial charge in [0.1, 0.15) is 0 Å². The smallest absolute Gasteiger partial charge is 0.396 e. The lowest BCUT2D eigenvalue weighted by molar-refractivity contribution is -0.143. The molecule has 0 saturated heterocycles. The van der Waals surface area contributed by atoms with Gasteiger partial charge in [-0.1, -0.05) is 0 Å². The minimum Gasteiger partial charge on any atom is -0.396 e. The lowest BCUT2D eigenvalue weighted by Gasteiger charge is -2.19. The van der Waals surface area contributed by atoms with E-state index in [1.807, 2.05) is 0 Å². The molecular weight excluding hydrogens is 288 g/mol. The van der Waals surface area contributed by atoms with Crippen LogP contribution in [-0.4, -0.2) is 18.3 Å². The average molecular weight is 301 g/mol. The summed E-state index contributed by atoms with van der Waals surface area (Å²) in [5, 5.41) is 8.79. The first-order valence-corrected chi connectivity index (χ1v) is 5.70. The average Bonchev–Trinajstić information content (AvgIpc) is 2.33. The van der Waals surface area contributed by atoms with Crippen LogP contribution in [0.5, 0.6) is 0 Å². The topological polar surface area (TPSA) is 46.2 Å². The van der Waals surface area contributed by atoms with Gasteiger partial charge in [-0.3, -0.25) is 0 Å². The summed E-state index contributed by atoms with van der Waals surface area (Å²) in [6.07, 6.45) is -9.77. The highest BCUT2D eigenvalue weighted by Crippen LogP contribution is 2.37. The van der Waals surface area contributed by atoms with Gasteiger partial charge < -0.3 is 10.8 Å². The van der Waals surface area contributed by atoms with E-state index in [2.05, 4.69) is 0 Å². The van der Waals surface area contributed by atoms with Crippen LogP contribution in [-0.2, 0) is 12.4 Å². The molecule has 0 aliphatic rings. The highest BCUT2D eigenvalue weighted by molar-refractivity contribution is 5.35. The molecule has 0 spiro atoms. The van der Waals surface area contributed by atoms with Crippen LogP contribution in [0, 0.1) is 0 Å². The fraction of sp³-hybridized carbons (Fsp3) is 0.500. The van der Waals surface area contributed by atoms with Crippen LogP contribution in [0.2, 0.25) is 0 Å². The number of halogens is 6. The number of nitrogens with two attached hydrogens (primary N) is 1. The highest BCUT2D eigenvalue weighted by Gasteiger charge is 2.37. The van der Waals surface area contributed by atoms with Crippen LogP contribution < -0.4 is 5.73 Å². The molecule has 0 bridgehead atoms. The zero-order valence-electron chi connectivity index (χ0n) is 10.2. The van der Waals surface area contributed by atoms with Crippen molar-refractivity contribution in [3.8, 4) is 0 Å². The van der Waals surface area contributed by atoms with Gasteiger partial charge in [-0.2, -0.15) is 26.3 Å². The zero-order chi connectivity index (χ0) is 15.6. The largest absolute Gasteiger partial charge is 0.416 e. The first kappa shape index (κ1) is 16.8. The lowest BCUT2D eigenvalue weighted by Crippen LogP contribution is -2.17. The molecule has 114 valence electrons. The van der Waals surface area contributed by atoms with E-state index in [4.69, 9.17) is 10.8 Å². The monoisotopic (exact) mass is 301 g/mol. The van der Waals surface area contributed by atoms with Gasteiger partial charge in [-0.15, -0.1) is 0 Å². The maximum Gasteiger partial charge on any atom is 0.416 e. The quantitative estimate of drug-likeness (QED) is 0.839. The molecule has 1 aromatic carbocycles. The molecule has 0 saturated carbocycles. The predicted molar refractivity (Wildman–Crippen MR) is 59.9 cm³/mol. The molecule has 0 amide bonds. The molecule has 2 nitrogen and oxygen atoms in total. The molecule has 1 aromatic rings. The number of aliphatic hydroxyl groups excluding tert-OH is 1. The zero-order valence-corrected chi connectivity index (χ0v) is 10.2. The lowest BCUT2D eigenvalue weighted by atomic mass is 9.92. The third-order valence-electron chi connectivity index (χ3n) is 2.84. The standard InChI is InChI=1S/C12H13F6NO/c13-11(14,15)9-3-8(7(6-19)1-2-20)4-10(5-9)12(16,17)18/h3-5,7,20H,1-2,6,19H2. The first-order chi connectivity index (χ1) is 9.09. The molecule has 0 aliphatic heterocycles. The number of benzene rings is 1. The number of rotatable bonds is 4. The number of hydrogen-bond acceptors (Lipinski definition) is 2. The second-order valence-corrected chi connectivity index (χ2v) is 4.28. The van der Waals surface area contributed by atoms with Crippen LogP contribution in [0.25, 0.3) is 0 Å². The van der Waals surface area contributed by atoms with E-state index in [9.17, 15) is 26.3 Å². The van der Waals surface area contributed by atoms with Gasteiger partial charge >= 0.3 is 12.4 Å². The molecule has 0 aliphatic carbocycles. The van der Waals surface area contributed by atoms with Gasteiger partial charge in [0, 0.05) is 6.61 Å². The maximum absolute atomic E-state index is 12.6. The summed E-state index contributed by atoms with van der Waals surface area (Å²) in [6, 6.07) is 1.35. The van der Waals surface area contributed by atoms with Crippen LogP contribution in [0.4, 0.5) is 26.3 Å². The van der Waals surface area contributed by atoms with Gasteiger partial charge in [0.15, 0.2) is 0 Å². The predicted octanol–water partition coefficient (Wildman–Crippen LogP) is 3.15. The van der Waals surface area contributed by atoms with Crippen LogP contribution in [0.3, 0.4) is 0 Å². The van der Waals surface area contributed by atoms with Crippen molar-refractivity contribution < 1.29 is 31.4 Å². The number of hydrogen-bond donors (Lipinski definition) is 2. The van der Waals surface area contributed by atoms with Crippen molar-refractivity contribution in [1.82, 2.24) is 0 Å². The molecule has 3 N–H and O–H groups in total. The molecule has 8 heteroatoms. The Morgan fingerprint density at radius 1 is 0.950 bits per heavy atom. The van der Waals surface area contributed by atoms with E-state index in [0.717, 1.165) is 0 Å². The summed E-state index contributed by atoms with van der Waals surface area (Å²) in [6.45, 7) is -0.529. The fourth-order valence-electron chi connectivity index (χ4n) is 1.79. The second kappa shape index (κ2) is 6.01. The first-order valence-electron chi connectivity index (χ1n) is 5.70. The molecule has 1 unspecified atom stereocenters. The van der Waals surface area contributed by atoms with Gasteiger partial charge in [0.25, 0.3) is 0 Å². The molecule has 0 aromatic heterocycles. The maximum atomic E-state index is 12.6. The number of aliphatic hydroxyl groups is 1. The molecular formula is C12H13F6NO. The third kappa shape index (κ3) is 4.11. The Morgan fingerprint density at radius 2 is 1.40 bits per heavy atom. The third-order valence-corrected chi connectivity index (χ3v) is 2.84. The summed E-state index contributed by atoms with van der Waals surface area (Å²) in [4.78, 5) is 0. The van der Waals surface area contributed by atoms with Gasteiger partial charge in [0.2, 0.25) is 0 Å². The molecule has 0 heterocycles. The van der Waals surface area contributed by atoms with E-state index >= 15 is 0 Å². The van der Waals surface area contributed by atoms with Crippen molar-refractivity contribution in [3.63, 3.8) is 0 Å². The Balaban J connectivity index is 3.37. The van der Waals surface area contributed by atoms with Crippen molar-refractivity contribution in [1.29, 1.82) is 0 Å². The van der Waals surface area contributed by atoms with Crippen molar-refractivity contribution in [3.05, 3.63) is 34.9 Å². The summed E-state index contributed by atoms with van der Waals surface area (Å²) in [7, 11) is 0. The number of alkyl halides is 6. The van der Waals surface area contributed by atoms with Gasteiger partial charge in [-0.25, -0.2) is 0 Å². The van der Waals surface area contributed by atoms with Crippen LogP contribution >= 0.6 is 0 Å². The second-order valence-electron chi connectivity index (χ2n) is 4.28. The highest BCUT2D eigenvalue weighted by atomic mass is 19.4. The van der Waals surface area contributed by atoms with Crippen molar-refractivity contribution in [2.24, 2.45) is 5.73 Å².